The van der Waals surface area contributed by atoms with Crippen LogP contribution in [0.2, 0.25) is 0 Å². The van der Waals surface area contributed by atoms with Crippen molar-refractivity contribution in [3.8, 4) is 5.69 Å². The van der Waals surface area contributed by atoms with Gasteiger partial charge < -0.3 is 10.6 Å². The Bertz CT molecular complexity index is 1000. The average molecular weight is 396 g/mol. The molecule has 7 heteroatoms. The van der Waals surface area contributed by atoms with Gasteiger partial charge in [0.1, 0.15) is 5.01 Å². The summed E-state index contributed by atoms with van der Waals surface area (Å²) in [5.74, 6) is 0. The summed E-state index contributed by atoms with van der Waals surface area (Å²) in [6.45, 7) is 5.97. The Morgan fingerprint density at radius 3 is 2.54 bits per heavy atom. The standard InChI is InChI=1S/C21H25N5OS/c1-14-12-16(3)26(25-14)18-9-5-4-8-17(18)23-20(27)24-21(10-6-7-11-21)19-22-15(2)13-28-19/h4-5,8-9,12-13H,6-7,10-11H2,1-3H3,(H2,23,24,27). The molecule has 1 fully saturated rings. The zero-order valence-corrected chi connectivity index (χ0v) is 17.3. The van der Waals surface area contributed by atoms with Gasteiger partial charge in [-0.3, -0.25) is 0 Å². The van der Waals surface area contributed by atoms with Gasteiger partial charge in [-0.15, -0.1) is 11.3 Å². The molecule has 1 saturated carbocycles. The first-order chi connectivity index (χ1) is 13.5. The van der Waals surface area contributed by atoms with E-state index < -0.39 is 0 Å². The van der Waals surface area contributed by atoms with Crippen LogP contribution >= 0.6 is 11.3 Å². The summed E-state index contributed by atoms with van der Waals surface area (Å²) >= 11 is 1.63. The van der Waals surface area contributed by atoms with Crippen LogP contribution in [0.5, 0.6) is 0 Å². The van der Waals surface area contributed by atoms with Crippen LogP contribution in [0.1, 0.15) is 47.8 Å². The average Bonchev–Trinajstić information content (AvgIpc) is 3.37. The summed E-state index contributed by atoms with van der Waals surface area (Å²) in [5, 5.41) is 13.9. The molecule has 0 spiro atoms. The molecule has 3 aromatic rings. The predicted molar refractivity (Wildman–Crippen MR) is 112 cm³/mol. The number of hydrogen-bond acceptors (Lipinski definition) is 4. The van der Waals surface area contributed by atoms with E-state index in [9.17, 15) is 4.79 Å². The molecule has 0 bridgehead atoms. The number of nitrogens with zero attached hydrogens (tertiary/aromatic N) is 3. The smallest absolute Gasteiger partial charge is 0.320 e. The molecular formula is C21H25N5OS. The molecule has 0 radical (unpaired) electrons. The van der Waals surface area contributed by atoms with E-state index in [1.165, 1.54) is 0 Å². The fourth-order valence-electron chi connectivity index (χ4n) is 3.95. The van der Waals surface area contributed by atoms with Crippen molar-refractivity contribution in [2.24, 2.45) is 0 Å². The highest BCUT2D eigenvalue weighted by atomic mass is 32.1. The van der Waals surface area contributed by atoms with Crippen molar-refractivity contribution >= 4 is 23.1 Å². The minimum atomic E-state index is -0.365. The summed E-state index contributed by atoms with van der Waals surface area (Å²) in [6.07, 6.45) is 4.04. The van der Waals surface area contributed by atoms with Gasteiger partial charge in [0.25, 0.3) is 0 Å². The van der Waals surface area contributed by atoms with Crippen molar-refractivity contribution in [3.63, 3.8) is 0 Å². The van der Waals surface area contributed by atoms with E-state index in [1.54, 1.807) is 11.3 Å². The number of aryl methyl sites for hydroxylation is 3. The number of anilines is 1. The lowest BCUT2D eigenvalue weighted by Gasteiger charge is -2.28. The Labute approximate surface area is 169 Å². The first-order valence-corrected chi connectivity index (χ1v) is 10.5. The van der Waals surface area contributed by atoms with Gasteiger partial charge in [0.2, 0.25) is 0 Å². The largest absolute Gasteiger partial charge is 0.326 e. The van der Waals surface area contributed by atoms with Gasteiger partial charge in [-0.1, -0.05) is 25.0 Å². The molecule has 28 heavy (non-hydrogen) atoms. The second-order valence-corrected chi connectivity index (χ2v) is 8.38. The Kier molecular flexibility index (Phi) is 4.93. The van der Waals surface area contributed by atoms with Crippen LogP contribution in [0.25, 0.3) is 5.69 Å². The van der Waals surface area contributed by atoms with Gasteiger partial charge in [-0.05, 0) is 51.8 Å². The molecule has 0 saturated heterocycles. The molecule has 146 valence electrons. The Morgan fingerprint density at radius 1 is 1.14 bits per heavy atom. The van der Waals surface area contributed by atoms with Gasteiger partial charge >= 0.3 is 6.03 Å². The van der Waals surface area contributed by atoms with Crippen LogP contribution in [0, 0.1) is 20.8 Å². The highest BCUT2D eigenvalue weighted by molar-refractivity contribution is 7.09. The number of aromatic nitrogens is 3. The molecule has 2 heterocycles. The Balaban J connectivity index is 1.58. The number of hydrogen-bond donors (Lipinski definition) is 2. The van der Waals surface area contributed by atoms with E-state index >= 15 is 0 Å². The minimum Gasteiger partial charge on any atom is -0.326 e. The number of rotatable bonds is 4. The van der Waals surface area contributed by atoms with Crippen LogP contribution in [0.3, 0.4) is 0 Å². The van der Waals surface area contributed by atoms with Crippen molar-refractivity contribution in [2.45, 2.75) is 52.0 Å². The molecule has 2 amide bonds. The number of carbonyl (C=O) groups is 1. The molecule has 0 atom stereocenters. The number of nitrogens with one attached hydrogen (secondary N) is 2. The van der Waals surface area contributed by atoms with E-state index in [0.717, 1.165) is 59.1 Å². The highest BCUT2D eigenvalue weighted by Gasteiger charge is 2.39. The van der Waals surface area contributed by atoms with E-state index in [4.69, 9.17) is 0 Å². The second-order valence-electron chi connectivity index (χ2n) is 7.52. The molecule has 1 aromatic carbocycles. The maximum Gasteiger partial charge on any atom is 0.320 e. The van der Waals surface area contributed by atoms with Gasteiger partial charge in [-0.2, -0.15) is 5.10 Å². The van der Waals surface area contributed by atoms with Crippen molar-refractivity contribution in [1.82, 2.24) is 20.1 Å². The first kappa shape index (κ1) is 18.7. The van der Waals surface area contributed by atoms with Gasteiger partial charge in [-0.25, -0.2) is 14.5 Å². The Hall–Kier alpha value is -2.67. The topological polar surface area (TPSA) is 71.8 Å². The fourth-order valence-corrected chi connectivity index (χ4v) is 4.96. The molecule has 2 N–H and O–H groups in total. The van der Waals surface area contributed by atoms with E-state index in [1.807, 2.05) is 61.2 Å². The molecule has 1 aliphatic carbocycles. The van der Waals surface area contributed by atoms with E-state index in [-0.39, 0.29) is 11.6 Å². The number of urea groups is 1. The molecule has 2 aromatic heterocycles. The summed E-state index contributed by atoms with van der Waals surface area (Å²) < 4.78 is 1.86. The number of amides is 2. The maximum absolute atomic E-state index is 13.0. The van der Waals surface area contributed by atoms with Crippen molar-refractivity contribution < 1.29 is 4.79 Å². The highest BCUT2D eigenvalue weighted by Crippen LogP contribution is 2.40. The summed E-state index contributed by atoms with van der Waals surface area (Å²) in [4.78, 5) is 17.6. The van der Waals surface area contributed by atoms with Crippen LogP contribution in [-0.2, 0) is 5.54 Å². The van der Waals surface area contributed by atoms with Crippen LogP contribution < -0.4 is 10.6 Å². The monoisotopic (exact) mass is 395 g/mol. The zero-order valence-electron chi connectivity index (χ0n) is 16.5. The minimum absolute atomic E-state index is 0.205. The summed E-state index contributed by atoms with van der Waals surface area (Å²) in [5.41, 5.74) is 4.20. The van der Waals surface area contributed by atoms with Crippen LogP contribution in [-0.4, -0.2) is 20.8 Å². The molecule has 6 nitrogen and oxygen atoms in total. The summed E-state index contributed by atoms with van der Waals surface area (Å²) in [7, 11) is 0. The SMILES string of the molecule is Cc1csc(C2(NC(=O)Nc3ccccc3-n3nc(C)cc3C)CCCC2)n1. The summed E-state index contributed by atoms with van der Waals surface area (Å²) in [6, 6.07) is 9.55. The van der Waals surface area contributed by atoms with Gasteiger partial charge in [0.15, 0.2) is 0 Å². The Morgan fingerprint density at radius 2 is 1.89 bits per heavy atom. The molecule has 0 aliphatic heterocycles. The number of para-hydroxylation sites is 2. The van der Waals surface area contributed by atoms with Crippen LogP contribution in [0.15, 0.2) is 35.7 Å². The predicted octanol–water partition coefficient (Wildman–Crippen LogP) is 4.85. The fraction of sp³-hybridized carbons (Fsp3) is 0.381. The third-order valence-electron chi connectivity index (χ3n) is 5.23. The quantitative estimate of drug-likeness (QED) is 0.664. The van der Waals surface area contributed by atoms with Gasteiger partial charge in [0.05, 0.1) is 22.6 Å². The van der Waals surface area contributed by atoms with Crippen LogP contribution in [0.4, 0.5) is 10.5 Å². The molecule has 0 unspecified atom stereocenters. The lowest BCUT2D eigenvalue weighted by molar-refractivity contribution is 0.236. The third kappa shape index (κ3) is 3.54. The zero-order chi connectivity index (χ0) is 19.7. The van der Waals surface area contributed by atoms with Crippen molar-refractivity contribution in [1.29, 1.82) is 0 Å². The lowest BCUT2D eigenvalue weighted by Crippen LogP contribution is -2.46. The van der Waals surface area contributed by atoms with Crippen molar-refractivity contribution in [2.75, 3.05) is 5.32 Å². The van der Waals surface area contributed by atoms with E-state index in [2.05, 4.69) is 20.7 Å². The lowest BCUT2D eigenvalue weighted by atomic mass is 9.99. The number of thiazole rings is 1. The third-order valence-corrected chi connectivity index (χ3v) is 6.39. The van der Waals surface area contributed by atoms with Crippen molar-refractivity contribution in [3.05, 3.63) is 57.8 Å². The second kappa shape index (κ2) is 7.39. The number of carbonyl (C=O) groups excluding carboxylic acids is 1. The van der Waals surface area contributed by atoms with Gasteiger partial charge in [0, 0.05) is 16.8 Å². The maximum atomic E-state index is 13.0. The van der Waals surface area contributed by atoms with E-state index in [0.29, 0.717) is 0 Å². The molecule has 4 rings (SSSR count). The normalized spacial score (nSPS) is 15.5. The molecule has 1 aliphatic rings. The number of benzene rings is 1. The first-order valence-electron chi connectivity index (χ1n) is 9.61. The molecular weight excluding hydrogens is 370 g/mol.